The fraction of sp³-hybridized carbons (Fsp3) is 0.583. The van der Waals surface area contributed by atoms with E-state index in [-0.39, 0.29) is 21.0 Å². The molecule has 6 heteroatoms. The zero-order chi connectivity index (χ0) is 14.1. The number of allylic oxidation sites excluding steroid dienone is 3. The highest BCUT2D eigenvalue weighted by molar-refractivity contribution is 14.2. The Morgan fingerprint density at radius 2 is 1.78 bits per heavy atom. The summed E-state index contributed by atoms with van der Waals surface area (Å²) in [6.45, 7) is 6.25. The van der Waals surface area contributed by atoms with Crippen LogP contribution in [0.5, 0.6) is 0 Å². The molecule has 0 aromatic rings. The smallest absolute Gasteiger partial charge is 0.0687 e. The SMILES string of the molecule is C/C=C\C(NNC)=C(/C)N(C)N(C)I=C(C)NC. The van der Waals surface area contributed by atoms with E-state index in [0.717, 1.165) is 5.70 Å². The molecule has 3 N–H and O–H groups in total. The third-order valence-corrected chi connectivity index (χ3v) is 5.08. The van der Waals surface area contributed by atoms with E-state index in [1.165, 1.54) is 9.33 Å². The molecule has 0 saturated heterocycles. The van der Waals surface area contributed by atoms with Gasteiger partial charge in [-0.25, -0.2) is 5.43 Å². The first-order valence-electron chi connectivity index (χ1n) is 5.88. The third-order valence-electron chi connectivity index (χ3n) is 2.48. The van der Waals surface area contributed by atoms with E-state index in [9.17, 15) is 0 Å². The number of hydrazine groups is 2. The van der Waals surface area contributed by atoms with E-state index in [1.54, 1.807) is 0 Å². The first kappa shape index (κ1) is 17.6. The lowest BCUT2D eigenvalue weighted by Gasteiger charge is -2.29. The van der Waals surface area contributed by atoms with Crippen molar-refractivity contribution in [3.8, 4) is 0 Å². The predicted octanol–water partition coefficient (Wildman–Crippen LogP) is 1.55. The lowest BCUT2D eigenvalue weighted by atomic mass is 10.3. The molecule has 0 aliphatic heterocycles. The molecule has 0 aromatic heterocycles. The Hall–Kier alpha value is -0.440. The number of rotatable bonds is 7. The predicted molar refractivity (Wildman–Crippen MR) is 89.0 cm³/mol. The molecule has 0 fully saturated rings. The van der Waals surface area contributed by atoms with Crippen LogP contribution in [-0.2, 0) is 0 Å². The molecule has 0 atom stereocenters. The highest BCUT2D eigenvalue weighted by Crippen LogP contribution is 2.16. The Kier molecular flexibility index (Phi) is 9.25. The quantitative estimate of drug-likeness (QED) is 0.276. The molecule has 0 aliphatic rings. The molecule has 0 unspecified atom stereocenters. The summed E-state index contributed by atoms with van der Waals surface area (Å²) in [4.78, 5) is 0. The molecule has 5 nitrogen and oxygen atoms in total. The fourth-order valence-electron chi connectivity index (χ4n) is 1.22. The standard InChI is InChI=1S/C12H26IN5/c1-8-9-12(16-15-5)10(2)17(6)18(7)13-11(3)14-4/h8-9,14-16H,1-7H3/b9-8-,12-10-. The minimum absolute atomic E-state index is 0.161. The van der Waals surface area contributed by atoms with Crippen LogP contribution in [-0.4, -0.2) is 40.1 Å². The van der Waals surface area contributed by atoms with Crippen LogP contribution in [0, 0.1) is 0 Å². The zero-order valence-electron chi connectivity index (χ0n) is 12.4. The van der Waals surface area contributed by atoms with Gasteiger partial charge in [0.05, 0.1) is 11.4 Å². The number of nitrogens with one attached hydrogen (secondary N) is 3. The minimum atomic E-state index is -0.161. The summed E-state index contributed by atoms with van der Waals surface area (Å²) in [7, 11) is 8.04. The summed E-state index contributed by atoms with van der Waals surface area (Å²) >= 11 is -0.161. The van der Waals surface area contributed by atoms with Crippen LogP contribution in [0.15, 0.2) is 23.5 Å². The van der Waals surface area contributed by atoms with Gasteiger partial charge < -0.3 is 10.4 Å². The Balaban J connectivity index is 5.03. The van der Waals surface area contributed by atoms with Crippen LogP contribution in [0.2, 0.25) is 0 Å². The summed E-state index contributed by atoms with van der Waals surface area (Å²) in [6.07, 6.45) is 4.08. The molecule has 0 spiro atoms. The van der Waals surface area contributed by atoms with Gasteiger partial charge in [-0.2, -0.15) is 3.22 Å². The van der Waals surface area contributed by atoms with Gasteiger partial charge >= 0.3 is 0 Å². The van der Waals surface area contributed by atoms with Gasteiger partial charge in [0.1, 0.15) is 0 Å². The highest BCUT2D eigenvalue weighted by Gasteiger charge is 2.08. The zero-order valence-corrected chi connectivity index (χ0v) is 14.6. The van der Waals surface area contributed by atoms with Crippen molar-refractivity contribution >= 4 is 24.6 Å². The van der Waals surface area contributed by atoms with Crippen molar-refractivity contribution in [2.24, 2.45) is 0 Å². The third kappa shape index (κ3) is 5.94. The van der Waals surface area contributed by atoms with Crippen molar-refractivity contribution in [1.82, 2.24) is 24.4 Å². The van der Waals surface area contributed by atoms with Gasteiger partial charge in [-0.15, -0.1) is 0 Å². The van der Waals surface area contributed by atoms with E-state index in [4.69, 9.17) is 0 Å². The average molecular weight is 367 g/mol. The van der Waals surface area contributed by atoms with Gasteiger partial charge in [-0.3, -0.25) is 5.32 Å². The normalized spacial score (nSPS) is 14.6. The first-order chi connectivity index (χ1) is 8.47. The van der Waals surface area contributed by atoms with E-state index in [1.807, 2.05) is 27.1 Å². The van der Waals surface area contributed by atoms with Crippen LogP contribution in [0.25, 0.3) is 0 Å². The molecular formula is C12H26IN5. The van der Waals surface area contributed by atoms with Gasteiger partial charge in [0.15, 0.2) is 0 Å². The molecule has 0 bridgehead atoms. The van der Waals surface area contributed by atoms with Crippen molar-refractivity contribution < 1.29 is 0 Å². The van der Waals surface area contributed by atoms with Crippen LogP contribution in [0.4, 0.5) is 0 Å². The average Bonchev–Trinajstić information content (AvgIpc) is 2.36. The van der Waals surface area contributed by atoms with Gasteiger partial charge in [0, 0.05) is 45.8 Å². The van der Waals surface area contributed by atoms with Crippen molar-refractivity contribution in [3.63, 3.8) is 0 Å². The molecule has 0 saturated carbocycles. The maximum atomic E-state index is 3.21. The molecule has 0 amide bonds. The summed E-state index contributed by atoms with van der Waals surface area (Å²) < 4.78 is 3.60. The maximum absolute atomic E-state index is 3.21. The second kappa shape index (κ2) is 9.48. The summed E-state index contributed by atoms with van der Waals surface area (Å²) in [5.74, 6) is 0. The number of hydrogen-bond acceptors (Lipinski definition) is 5. The van der Waals surface area contributed by atoms with Crippen molar-refractivity contribution in [1.29, 1.82) is 0 Å². The van der Waals surface area contributed by atoms with E-state index in [0.29, 0.717) is 0 Å². The highest BCUT2D eigenvalue weighted by atomic mass is 127. The van der Waals surface area contributed by atoms with E-state index < -0.39 is 0 Å². The van der Waals surface area contributed by atoms with Crippen LogP contribution < -0.4 is 16.2 Å². The Bertz CT molecular complexity index is 335. The maximum Gasteiger partial charge on any atom is 0.0687 e. The molecule has 0 aliphatic carbocycles. The lowest BCUT2D eigenvalue weighted by Crippen LogP contribution is -2.34. The topological polar surface area (TPSA) is 42.6 Å². The fourth-order valence-corrected chi connectivity index (χ4v) is 3.15. The second-order valence-electron chi connectivity index (χ2n) is 3.71. The van der Waals surface area contributed by atoms with Crippen molar-refractivity contribution in [2.75, 3.05) is 28.2 Å². The van der Waals surface area contributed by atoms with Gasteiger partial charge in [-0.05, 0) is 33.9 Å². The van der Waals surface area contributed by atoms with Crippen molar-refractivity contribution in [2.45, 2.75) is 20.8 Å². The molecule has 0 aromatic carbocycles. The van der Waals surface area contributed by atoms with E-state index >= 15 is 0 Å². The molecule has 0 rings (SSSR count). The minimum Gasteiger partial charge on any atom is -0.320 e. The summed E-state index contributed by atoms with van der Waals surface area (Å²) in [5, 5.41) is 5.38. The van der Waals surface area contributed by atoms with Crippen LogP contribution in [0.3, 0.4) is 0 Å². The number of nitrogens with zero attached hydrogens (tertiary/aromatic N) is 2. The lowest BCUT2D eigenvalue weighted by molar-refractivity contribution is 0.210. The van der Waals surface area contributed by atoms with Crippen LogP contribution in [0.1, 0.15) is 20.8 Å². The molecular weight excluding hydrogens is 341 g/mol. The summed E-state index contributed by atoms with van der Waals surface area (Å²) in [5.41, 5.74) is 8.36. The van der Waals surface area contributed by atoms with Crippen molar-refractivity contribution in [3.05, 3.63) is 23.5 Å². The Labute approximate surface area is 121 Å². The Morgan fingerprint density at radius 1 is 1.17 bits per heavy atom. The summed E-state index contributed by atoms with van der Waals surface area (Å²) in [6, 6.07) is 0. The Morgan fingerprint density at radius 3 is 2.22 bits per heavy atom. The largest absolute Gasteiger partial charge is 0.320 e. The molecule has 0 heterocycles. The monoisotopic (exact) mass is 367 g/mol. The molecule has 106 valence electrons. The molecule has 0 radical (unpaired) electrons. The van der Waals surface area contributed by atoms with Gasteiger partial charge in [0.25, 0.3) is 0 Å². The second-order valence-corrected chi connectivity index (χ2v) is 7.21. The number of halogens is 1. The van der Waals surface area contributed by atoms with Crippen LogP contribution >= 0.6 is 21.0 Å². The van der Waals surface area contributed by atoms with Gasteiger partial charge in [-0.1, -0.05) is 6.08 Å². The number of hydrogen-bond donors (Lipinski definition) is 3. The first-order valence-corrected chi connectivity index (χ1v) is 7.92. The van der Waals surface area contributed by atoms with E-state index in [2.05, 4.69) is 58.4 Å². The van der Waals surface area contributed by atoms with Gasteiger partial charge in [0.2, 0.25) is 0 Å². The molecule has 18 heavy (non-hydrogen) atoms.